The molecule has 5 atom stereocenters. The highest BCUT2D eigenvalue weighted by Gasteiger charge is 2.52. The zero-order chi connectivity index (χ0) is 23.1. The van der Waals surface area contributed by atoms with E-state index < -0.39 is 62.1 Å². The lowest BCUT2D eigenvalue weighted by Crippen LogP contribution is -2.68. The molecule has 172 valence electrons. The summed E-state index contributed by atoms with van der Waals surface area (Å²) in [6, 6.07) is -1.18. The molecule has 1 rings (SSSR count). The van der Waals surface area contributed by atoms with Crippen LogP contribution in [0.15, 0.2) is 0 Å². The number of rotatable bonds is 9. The molecule has 1 saturated heterocycles. The molecule has 13 nitrogen and oxygen atoms in total. The minimum atomic E-state index is -3.89. The second-order valence-corrected chi connectivity index (χ2v) is 8.25. The summed E-state index contributed by atoms with van der Waals surface area (Å²) < 4.78 is 43.5. The number of amides is 1. The van der Waals surface area contributed by atoms with E-state index in [1.54, 1.807) is 0 Å². The van der Waals surface area contributed by atoms with Crippen molar-refractivity contribution in [3.05, 3.63) is 0 Å². The van der Waals surface area contributed by atoms with Gasteiger partial charge < -0.3 is 33.3 Å². The van der Waals surface area contributed by atoms with Crippen LogP contribution in [0.5, 0.6) is 0 Å². The summed E-state index contributed by atoms with van der Waals surface area (Å²) >= 11 is 0. The number of nitrogens with one attached hydrogen (secondary N) is 2. The van der Waals surface area contributed by atoms with Crippen LogP contribution in [0.2, 0.25) is 0 Å². The molecule has 30 heavy (non-hydrogen) atoms. The van der Waals surface area contributed by atoms with Crippen molar-refractivity contribution in [2.24, 2.45) is 0 Å². The number of hydrogen-bond acceptors (Lipinski definition) is 11. The van der Waals surface area contributed by atoms with Crippen LogP contribution >= 0.6 is 7.75 Å². The Morgan fingerprint density at radius 2 is 1.47 bits per heavy atom. The molecule has 1 amide bonds. The predicted octanol–water partition coefficient (Wildman–Crippen LogP) is -0.367. The van der Waals surface area contributed by atoms with Gasteiger partial charge in [-0.1, -0.05) is 0 Å². The number of esters is 3. The van der Waals surface area contributed by atoms with Gasteiger partial charge in [-0.3, -0.25) is 19.2 Å². The van der Waals surface area contributed by atoms with Gasteiger partial charge in [-0.2, -0.15) is 5.09 Å². The molecular formula is C16H27N2O11P. The minimum absolute atomic E-state index is 0.389. The Morgan fingerprint density at radius 1 is 0.933 bits per heavy atom. The molecule has 0 unspecified atom stereocenters. The number of carbonyl (C=O) groups is 4. The van der Waals surface area contributed by atoms with E-state index in [0.29, 0.717) is 0 Å². The normalized spacial score (nSPS) is 26.4. The van der Waals surface area contributed by atoms with Crippen LogP contribution in [0, 0.1) is 0 Å². The highest BCUT2D eigenvalue weighted by molar-refractivity contribution is 7.51. The number of ether oxygens (including phenoxy) is 4. The zero-order valence-electron chi connectivity index (χ0n) is 17.5. The van der Waals surface area contributed by atoms with Crippen molar-refractivity contribution < 1.29 is 51.7 Å². The largest absolute Gasteiger partial charge is 0.463 e. The highest BCUT2D eigenvalue weighted by Crippen LogP contribution is 2.43. The summed E-state index contributed by atoms with van der Waals surface area (Å²) in [6.45, 7) is 4.20. The predicted molar refractivity (Wildman–Crippen MR) is 98.8 cm³/mol. The Labute approximate surface area is 173 Å². The van der Waals surface area contributed by atoms with Gasteiger partial charge in [-0.25, -0.2) is 4.57 Å². The summed E-state index contributed by atoms with van der Waals surface area (Å²) in [5.74, 6) is -2.67. The van der Waals surface area contributed by atoms with Crippen molar-refractivity contribution in [3.63, 3.8) is 0 Å². The van der Waals surface area contributed by atoms with Gasteiger partial charge in [0.2, 0.25) is 5.91 Å². The van der Waals surface area contributed by atoms with Gasteiger partial charge in [0.25, 0.3) is 0 Å². The first-order valence-electron chi connectivity index (χ1n) is 8.82. The first-order chi connectivity index (χ1) is 13.9. The average molecular weight is 456 g/mol. The quantitative estimate of drug-likeness (QED) is 0.200. The van der Waals surface area contributed by atoms with Crippen molar-refractivity contribution in [1.82, 2.24) is 10.4 Å². The van der Waals surface area contributed by atoms with E-state index in [2.05, 4.69) is 10.4 Å². The van der Waals surface area contributed by atoms with Gasteiger partial charge in [0, 0.05) is 41.9 Å². The van der Waals surface area contributed by atoms with Crippen LogP contribution in [0.4, 0.5) is 0 Å². The standard InChI is InChI=1S/C16H27N2O11P/c1-8(19)17-13-15(28-11(4)22)14(27-10(3)21)12(7-26-9(2)20)29-16(13)18-30(23,24-5)25-6/h12-16H,7H2,1-6H3,(H,17,19)(H,18,23)/t12-,13-,14-,15-,16-/m1/s1/i23+2. The Kier molecular flexibility index (Phi) is 9.85. The second-order valence-electron chi connectivity index (χ2n) is 6.26. The Bertz CT molecular complexity index is 693. The van der Waals surface area contributed by atoms with Crippen molar-refractivity contribution in [3.8, 4) is 0 Å². The molecule has 0 radical (unpaired) electrons. The topological polar surface area (TPSA) is 165 Å². The molecule has 0 aromatic heterocycles. The molecular weight excluding hydrogens is 429 g/mol. The minimum Gasteiger partial charge on any atom is -0.463 e. The fourth-order valence-electron chi connectivity index (χ4n) is 2.78. The average Bonchev–Trinajstić information content (AvgIpc) is 2.63. The first kappa shape index (κ1) is 26.0. The fourth-order valence-corrected chi connectivity index (χ4v) is 3.67. The van der Waals surface area contributed by atoms with E-state index in [1.165, 1.54) is 6.92 Å². The summed E-state index contributed by atoms with van der Waals surface area (Å²) in [6.07, 6.45) is -5.00. The monoisotopic (exact) mass is 456 g/mol. The lowest BCUT2D eigenvalue weighted by molar-refractivity contribution is -0.225. The van der Waals surface area contributed by atoms with Gasteiger partial charge in [-0.05, 0) is 0 Å². The molecule has 0 aromatic rings. The maximum Gasteiger partial charge on any atom is 0.407 e. The van der Waals surface area contributed by atoms with Crippen LogP contribution in [0.25, 0.3) is 0 Å². The fraction of sp³-hybridized carbons (Fsp3) is 0.750. The molecule has 1 aliphatic rings. The Morgan fingerprint density at radius 3 is 1.90 bits per heavy atom. The third-order valence-electron chi connectivity index (χ3n) is 3.88. The number of hydrogen-bond donors (Lipinski definition) is 2. The van der Waals surface area contributed by atoms with Crippen LogP contribution in [-0.4, -0.2) is 75.2 Å². The van der Waals surface area contributed by atoms with Gasteiger partial charge in [0.1, 0.15) is 25.0 Å². The van der Waals surface area contributed by atoms with Crippen molar-refractivity contribution in [2.75, 3.05) is 20.8 Å². The third kappa shape index (κ3) is 7.65. The van der Waals surface area contributed by atoms with Crippen molar-refractivity contribution >= 4 is 31.6 Å². The molecule has 0 spiro atoms. The van der Waals surface area contributed by atoms with E-state index >= 15 is 0 Å². The second kappa shape index (κ2) is 11.4. The van der Waals surface area contributed by atoms with Crippen LogP contribution in [0.1, 0.15) is 27.7 Å². The number of carbonyl (C=O) groups excluding carboxylic acids is 4. The SMILES string of the molecule is COP(=[18O])(N[C@@H]1O[C@H](COC(C)=O)[C@@H](OC(C)=O)[C@H](OC(C)=O)[C@H]1NC(C)=O)OC. The molecule has 0 saturated carbocycles. The van der Waals surface area contributed by atoms with E-state index in [9.17, 15) is 23.7 Å². The lowest BCUT2D eigenvalue weighted by atomic mass is 9.95. The van der Waals surface area contributed by atoms with E-state index in [1.807, 2.05) is 0 Å². The summed E-state index contributed by atoms with van der Waals surface area (Å²) in [4.78, 5) is 46.4. The first-order valence-corrected chi connectivity index (χ1v) is 10.4. The maximum atomic E-state index is 12.6. The van der Waals surface area contributed by atoms with Gasteiger partial charge in [-0.15, -0.1) is 0 Å². The van der Waals surface area contributed by atoms with Crippen molar-refractivity contribution in [2.45, 2.75) is 58.3 Å². The van der Waals surface area contributed by atoms with Crippen molar-refractivity contribution in [1.29, 1.82) is 0 Å². The molecule has 0 bridgehead atoms. The maximum absolute atomic E-state index is 12.6. The third-order valence-corrected chi connectivity index (χ3v) is 5.41. The smallest absolute Gasteiger partial charge is 0.407 e. The van der Waals surface area contributed by atoms with Gasteiger partial charge in [0.05, 0.1) is 0 Å². The Hall–Kier alpha value is -2.05. The van der Waals surface area contributed by atoms with E-state index in [-0.39, 0.29) is 6.61 Å². The highest BCUT2D eigenvalue weighted by atomic mass is 31.2. The molecule has 14 heteroatoms. The Balaban J connectivity index is 3.41. The van der Waals surface area contributed by atoms with Crippen LogP contribution in [0.3, 0.4) is 0 Å². The summed E-state index contributed by atoms with van der Waals surface area (Å²) in [7, 11) is -1.64. The van der Waals surface area contributed by atoms with Gasteiger partial charge in [0.15, 0.2) is 12.2 Å². The van der Waals surface area contributed by atoms with E-state index in [4.69, 9.17) is 28.0 Å². The van der Waals surface area contributed by atoms with Crippen LogP contribution < -0.4 is 10.4 Å². The lowest BCUT2D eigenvalue weighted by Gasteiger charge is -2.45. The molecule has 1 fully saturated rings. The molecule has 0 aliphatic carbocycles. The van der Waals surface area contributed by atoms with Crippen LogP contribution in [-0.2, 0) is 51.7 Å². The molecule has 0 aromatic carbocycles. The summed E-state index contributed by atoms with van der Waals surface area (Å²) in [5, 5.41) is 5.00. The zero-order valence-corrected chi connectivity index (χ0v) is 18.4. The molecule has 2 N–H and O–H groups in total. The van der Waals surface area contributed by atoms with E-state index in [0.717, 1.165) is 35.0 Å². The molecule has 1 heterocycles. The molecule has 1 aliphatic heterocycles. The summed E-state index contributed by atoms with van der Waals surface area (Å²) in [5.41, 5.74) is 0. The van der Waals surface area contributed by atoms with Gasteiger partial charge >= 0.3 is 25.7 Å².